The van der Waals surface area contributed by atoms with Crippen molar-refractivity contribution in [2.75, 3.05) is 5.88 Å². The van der Waals surface area contributed by atoms with Crippen LogP contribution in [0.1, 0.15) is 6.42 Å². The first-order valence-electron chi connectivity index (χ1n) is 3.21. The Morgan fingerprint density at radius 1 is 1.73 bits per heavy atom. The molecule has 1 unspecified atom stereocenters. The highest BCUT2D eigenvalue weighted by Gasteiger charge is 2.23. The van der Waals surface area contributed by atoms with Gasteiger partial charge in [-0.2, -0.15) is 0 Å². The number of carboxylic acid groups (broad SMARTS) is 1. The molecule has 4 heteroatoms. The van der Waals surface area contributed by atoms with E-state index in [1.54, 1.807) is 0 Å². The van der Waals surface area contributed by atoms with Gasteiger partial charge >= 0.3 is 5.97 Å². The fourth-order valence-electron chi connectivity index (χ4n) is 0.710. The Morgan fingerprint density at radius 3 is 2.55 bits per heavy atom. The summed E-state index contributed by atoms with van der Waals surface area (Å²) in [4.78, 5) is 10.4. The molecule has 0 spiro atoms. The number of carbonyl (C=O) groups is 1. The third-order valence-electron chi connectivity index (χ3n) is 1.36. The van der Waals surface area contributed by atoms with Gasteiger partial charge < -0.3 is 10.2 Å². The number of halogens is 1. The van der Waals surface area contributed by atoms with E-state index in [2.05, 4.69) is 6.58 Å². The molecular formula is C7H11ClO3. The lowest BCUT2D eigenvalue weighted by atomic mass is 10.0. The van der Waals surface area contributed by atoms with Crippen LogP contribution in [0.5, 0.6) is 0 Å². The summed E-state index contributed by atoms with van der Waals surface area (Å²) >= 11 is 5.28. The zero-order valence-corrected chi connectivity index (χ0v) is 6.79. The molecule has 0 amide bonds. The van der Waals surface area contributed by atoms with Gasteiger partial charge in [0.15, 0.2) is 0 Å². The maximum Gasteiger partial charge on any atom is 0.309 e. The first-order chi connectivity index (χ1) is 5.13. The molecular weight excluding hydrogens is 168 g/mol. The van der Waals surface area contributed by atoms with Crippen LogP contribution in [0.15, 0.2) is 12.7 Å². The standard InChI is InChI=1S/C7H11ClO3/c1-2-3-5(7(10)11)6(9)4-8/h2,5-6,9H,1,3-4H2,(H,10,11)/t5-,6?/m1/s1. The summed E-state index contributed by atoms with van der Waals surface area (Å²) in [7, 11) is 0. The Balaban J connectivity index is 4.08. The first-order valence-corrected chi connectivity index (χ1v) is 3.74. The largest absolute Gasteiger partial charge is 0.481 e. The van der Waals surface area contributed by atoms with Crippen LogP contribution in [0, 0.1) is 5.92 Å². The van der Waals surface area contributed by atoms with Crippen LogP contribution < -0.4 is 0 Å². The molecule has 11 heavy (non-hydrogen) atoms. The number of hydrogen-bond acceptors (Lipinski definition) is 2. The van der Waals surface area contributed by atoms with E-state index in [4.69, 9.17) is 21.8 Å². The molecule has 0 rings (SSSR count). The van der Waals surface area contributed by atoms with Crippen molar-refractivity contribution in [2.45, 2.75) is 12.5 Å². The fraction of sp³-hybridized carbons (Fsp3) is 0.571. The van der Waals surface area contributed by atoms with Crippen molar-refractivity contribution < 1.29 is 15.0 Å². The molecule has 2 N–H and O–H groups in total. The summed E-state index contributed by atoms with van der Waals surface area (Å²) in [6.45, 7) is 3.38. The predicted molar refractivity (Wildman–Crippen MR) is 42.7 cm³/mol. The van der Waals surface area contributed by atoms with Gasteiger partial charge in [0.25, 0.3) is 0 Å². The van der Waals surface area contributed by atoms with Crippen LogP contribution in [0.4, 0.5) is 0 Å². The fourth-order valence-corrected chi connectivity index (χ4v) is 0.925. The minimum Gasteiger partial charge on any atom is -0.481 e. The quantitative estimate of drug-likeness (QED) is 0.485. The van der Waals surface area contributed by atoms with Crippen molar-refractivity contribution in [3.63, 3.8) is 0 Å². The predicted octanol–water partition coefficient (Wildman–Crippen LogP) is 0.863. The normalized spacial score (nSPS) is 15.5. The Morgan fingerprint density at radius 2 is 2.27 bits per heavy atom. The molecule has 0 heterocycles. The summed E-state index contributed by atoms with van der Waals surface area (Å²) in [5.74, 6) is -1.94. The van der Waals surface area contributed by atoms with Crippen LogP contribution >= 0.6 is 11.6 Å². The number of rotatable bonds is 5. The second-order valence-electron chi connectivity index (χ2n) is 2.19. The highest BCUT2D eigenvalue weighted by Crippen LogP contribution is 2.11. The summed E-state index contributed by atoms with van der Waals surface area (Å²) in [5.41, 5.74) is 0. The maximum atomic E-state index is 10.4. The molecule has 0 aliphatic rings. The van der Waals surface area contributed by atoms with Gasteiger partial charge in [-0.3, -0.25) is 4.79 Å². The summed E-state index contributed by atoms with van der Waals surface area (Å²) < 4.78 is 0. The van der Waals surface area contributed by atoms with Crippen LogP contribution in [-0.2, 0) is 4.79 Å². The molecule has 0 aromatic heterocycles. The van der Waals surface area contributed by atoms with Crippen molar-refractivity contribution in [1.29, 1.82) is 0 Å². The zero-order chi connectivity index (χ0) is 8.85. The number of hydrogen-bond donors (Lipinski definition) is 2. The molecule has 2 atom stereocenters. The minimum absolute atomic E-state index is 0.0647. The lowest BCUT2D eigenvalue weighted by Crippen LogP contribution is -2.28. The zero-order valence-electron chi connectivity index (χ0n) is 6.03. The van der Waals surface area contributed by atoms with E-state index in [1.807, 2.05) is 0 Å². The molecule has 0 aliphatic carbocycles. The van der Waals surface area contributed by atoms with Gasteiger partial charge in [0.1, 0.15) is 0 Å². The molecule has 0 radical (unpaired) electrons. The van der Waals surface area contributed by atoms with E-state index in [0.717, 1.165) is 0 Å². The van der Waals surface area contributed by atoms with E-state index >= 15 is 0 Å². The highest BCUT2D eigenvalue weighted by atomic mass is 35.5. The average Bonchev–Trinajstić information content (AvgIpc) is 1.98. The number of allylic oxidation sites excluding steroid dienone is 1. The molecule has 64 valence electrons. The average molecular weight is 179 g/mol. The maximum absolute atomic E-state index is 10.4. The van der Waals surface area contributed by atoms with Crippen molar-refractivity contribution in [1.82, 2.24) is 0 Å². The number of alkyl halides is 1. The van der Waals surface area contributed by atoms with Crippen LogP contribution in [-0.4, -0.2) is 28.2 Å². The third kappa shape index (κ3) is 3.39. The van der Waals surface area contributed by atoms with Gasteiger partial charge in [0, 0.05) is 5.88 Å². The van der Waals surface area contributed by atoms with Crippen LogP contribution in [0.25, 0.3) is 0 Å². The Labute approximate surface area is 70.3 Å². The summed E-state index contributed by atoms with van der Waals surface area (Å²) in [6, 6.07) is 0. The minimum atomic E-state index is -1.04. The SMILES string of the molecule is C=CC[C@@H](C(=O)O)C(O)CCl. The van der Waals surface area contributed by atoms with Gasteiger partial charge in [-0.25, -0.2) is 0 Å². The molecule has 0 bridgehead atoms. The van der Waals surface area contributed by atoms with E-state index in [1.165, 1.54) is 6.08 Å². The molecule has 3 nitrogen and oxygen atoms in total. The van der Waals surface area contributed by atoms with E-state index in [0.29, 0.717) is 0 Å². The summed E-state index contributed by atoms with van der Waals surface area (Å²) in [5, 5.41) is 17.6. The van der Waals surface area contributed by atoms with Gasteiger partial charge in [-0.05, 0) is 6.42 Å². The molecule has 0 saturated heterocycles. The lowest BCUT2D eigenvalue weighted by molar-refractivity contribution is -0.145. The first kappa shape index (κ1) is 10.5. The third-order valence-corrected chi connectivity index (χ3v) is 1.68. The van der Waals surface area contributed by atoms with Crippen molar-refractivity contribution >= 4 is 17.6 Å². The Hall–Kier alpha value is -0.540. The lowest BCUT2D eigenvalue weighted by Gasteiger charge is -2.14. The van der Waals surface area contributed by atoms with Gasteiger partial charge in [0.2, 0.25) is 0 Å². The number of carboxylic acids is 1. The van der Waals surface area contributed by atoms with Crippen molar-refractivity contribution in [2.24, 2.45) is 5.92 Å². The Bertz CT molecular complexity index is 147. The van der Waals surface area contributed by atoms with E-state index < -0.39 is 18.0 Å². The van der Waals surface area contributed by atoms with Crippen molar-refractivity contribution in [3.05, 3.63) is 12.7 Å². The smallest absolute Gasteiger partial charge is 0.309 e. The topological polar surface area (TPSA) is 57.5 Å². The van der Waals surface area contributed by atoms with Crippen LogP contribution in [0.2, 0.25) is 0 Å². The molecule has 0 fully saturated rings. The van der Waals surface area contributed by atoms with Gasteiger partial charge in [-0.1, -0.05) is 6.08 Å². The molecule has 0 aliphatic heterocycles. The van der Waals surface area contributed by atoms with E-state index in [-0.39, 0.29) is 12.3 Å². The van der Waals surface area contributed by atoms with Crippen LogP contribution in [0.3, 0.4) is 0 Å². The number of aliphatic carboxylic acids is 1. The number of aliphatic hydroxyl groups is 1. The second-order valence-corrected chi connectivity index (χ2v) is 2.50. The highest BCUT2D eigenvalue weighted by molar-refractivity contribution is 6.18. The molecule has 0 saturated carbocycles. The van der Waals surface area contributed by atoms with Crippen molar-refractivity contribution in [3.8, 4) is 0 Å². The number of aliphatic hydroxyl groups excluding tert-OH is 1. The molecule has 0 aromatic carbocycles. The van der Waals surface area contributed by atoms with E-state index in [9.17, 15) is 4.79 Å². The Kier molecular flexibility index (Phi) is 4.90. The summed E-state index contributed by atoms with van der Waals surface area (Å²) in [6.07, 6.45) is 0.699. The second kappa shape index (κ2) is 5.16. The van der Waals surface area contributed by atoms with Gasteiger partial charge in [0.05, 0.1) is 12.0 Å². The molecule has 0 aromatic rings. The monoisotopic (exact) mass is 178 g/mol. The van der Waals surface area contributed by atoms with Gasteiger partial charge in [-0.15, -0.1) is 18.2 Å².